The SMILES string of the molecule is O=C1/C(=C/c2cc([N+](=O)[O-])ccc2F)Oc2cc(O)ccc21. The lowest BCUT2D eigenvalue weighted by atomic mass is 10.1. The number of allylic oxidation sites excluding steroid dienone is 1. The zero-order valence-corrected chi connectivity index (χ0v) is 10.9. The average Bonchev–Trinajstić information content (AvgIpc) is 2.77. The number of halogens is 1. The average molecular weight is 301 g/mol. The summed E-state index contributed by atoms with van der Waals surface area (Å²) in [4.78, 5) is 22.2. The van der Waals surface area contributed by atoms with E-state index in [9.17, 15) is 24.4 Å². The third kappa shape index (κ3) is 2.28. The van der Waals surface area contributed by atoms with Gasteiger partial charge in [-0.05, 0) is 24.3 Å². The van der Waals surface area contributed by atoms with Gasteiger partial charge in [0.05, 0.1) is 10.5 Å². The second kappa shape index (κ2) is 4.96. The fourth-order valence-electron chi connectivity index (χ4n) is 2.07. The van der Waals surface area contributed by atoms with Crippen LogP contribution < -0.4 is 4.74 Å². The second-order valence-electron chi connectivity index (χ2n) is 4.58. The van der Waals surface area contributed by atoms with Gasteiger partial charge in [0.25, 0.3) is 5.69 Å². The molecule has 7 heteroatoms. The molecule has 22 heavy (non-hydrogen) atoms. The molecule has 1 N–H and O–H groups in total. The Morgan fingerprint density at radius 3 is 2.73 bits per heavy atom. The predicted molar refractivity (Wildman–Crippen MR) is 74.1 cm³/mol. The van der Waals surface area contributed by atoms with E-state index in [0.717, 1.165) is 24.3 Å². The molecule has 0 radical (unpaired) electrons. The highest BCUT2D eigenvalue weighted by molar-refractivity contribution is 6.14. The van der Waals surface area contributed by atoms with Crippen LogP contribution >= 0.6 is 0 Å². The highest BCUT2D eigenvalue weighted by atomic mass is 19.1. The summed E-state index contributed by atoms with van der Waals surface area (Å²) in [6, 6.07) is 6.97. The van der Waals surface area contributed by atoms with Crippen molar-refractivity contribution in [3.63, 3.8) is 0 Å². The van der Waals surface area contributed by atoms with Gasteiger partial charge in [0.15, 0.2) is 5.76 Å². The van der Waals surface area contributed by atoms with Gasteiger partial charge in [-0.3, -0.25) is 14.9 Å². The molecule has 2 aromatic carbocycles. The number of rotatable bonds is 2. The fourth-order valence-corrected chi connectivity index (χ4v) is 2.07. The van der Waals surface area contributed by atoms with Crippen molar-refractivity contribution in [2.75, 3.05) is 0 Å². The van der Waals surface area contributed by atoms with E-state index in [1.54, 1.807) is 0 Å². The van der Waals surface area contributed by atoms with E-state index in [-0.39, 0.29) is 34.1 Å². The molecule has 1 aliphatic heterocycles. The number of hydrogen-bond acceptors (Lipinski definition) is 5. The van der Waals surface area contributed by atoms with Crippen molar-refractivity contribution in [2.45, 2.75) is 0 Å². The van der Waals surface area contributed by atoms with Gasteiger partial charge >= 0.3 is 0 Å². The van der Waals surface area contributed by atoms with Gasteiger partial charge in [-0.1, -0.05) is 0 Å². The Morgan fingerprint density at radius 2 is 2.00 bits per heavy atom. The van der Waals surface area contributed by atoms with Crippen LogP contribution in [0.3, 0.4) is 0 Å². The van der Waals surface area contributed by atoms with Gasteiger partial charge < -0.3 is 9.84 Å². The number of ether oxygens (including phenoxy) is 1. The molecule has 0 saturated heterocycles. The maximum Gasteiger partial charge on any atom is 0.270 e. The van der Waals surface area contributed by atoms with Crippen LogP contribution in [0.5, 0.6) is 11.5 Å². The van der Waals surface area contributed by atoms with Gasteiger partial charge in [-0.15, -0.1) is 0 Å². The number of aromatic hydroxyl groups is 1. The molecule has 1 heterocycles. The molecule has 0 saturated carbocycles. The normalized spacial score (nSPS) is 14.8. The number of non-ortho nitro benzene ring substituents is 1. The molecule has 0 aromatic heterocycles. The summed E-state index contributed by atoms with van der Waals surface area (Å²) in [5, 5.41) is 20.1. The third-order valence-electron chi connectivity index (χ3n) is 3.13. The van der Waals surface area contributed by atoms with E-state index in [4.69, 9.17) is 4.74 Å². The van der Waals surface area contributed by atoms with Crippen LogP contribution in [0.25, 0.3) is 6.08 Å². The number of phenolic OH excluding ortho intramolecular Hbond substituents is 1. The van der Waals surface area contributed by atoms with E-state index in [0.29, 0.717) is 0 Å². The quantitative estimate of drug-likeness (QED) is 0.523. The Hall–Kier alpha value is -3.22. The molecular formula is C15H8FNO5. The molecule has 0 unspecified atom stereocenters. The molecule has 2 aromatic rings. The van der Waals surface area contributed by atoms with Crippen LogP contribution in [0.1, 0.15) is 15.9 Å². The van der Waals surface area contributed by atoms with Crippen molar-refractivity contribution in [1.29, 1.82) is 0 Å². The van der Waals surface area contributed by atoms with Crippen LogP contribution in [0.15, 0.2) is 42.2 Å². The lowest BCUT2D eigenvalue weighted by Gasteiger charge is -2.00. The second-order valence-corrected chi connectivity index (χ2v) is 4.58. The molecule has 0 fully saturated rings. The summed E-state index contributed by atoms with van der Waals surface area (Å²) >= 11 is 0. The minimum atomic E-state index is -0.715. The summed E-state index contributed by atoms with van der Waals surface area (Å²) in [5.74, 6) is -1.29. The number of phenols is 1. The molecule has 0 bridgehead atoms. The summed E-state index contributed by atoms with van der Waals surface area (Å²) in [6.45, 7) is 0. The smallest absolute Gasteiger partial charge is 0.270 e. The standard InChI is InChI=1S/C15H8FNO5/c16-12-4-1-9(17(20)21)5-8(12)6-14-15(19)11-3-2-10(18)7-13(11)22-14/h1-7,18H/b14-6-. The van der Waals surface area contributed by atoms with Crippen molar-refractivity contribution >= 4 is 17.5 Å². The summed E-state index contributed by atoms with van der Waals surface area (Å²) in [7, 11) is 0. The first-order valence-corrected chi connectivity index (χ1v) is 6.17. The first-order chi connectivity index (χ1) is 10.5. The third-order valence-corrected chi connectivity index (χ3v) is 3.13. The van der Waals surface area contributed by atoms with Gasteiger partial charge in [-0.25, -0.2) is 4.39 Å². The van der Waals surface area contributed by atoms with Gasteiger partial charge in [0.2, 0.25) is 5.78 Å². The molecular weight excluding hydrogens is 293 g/mol. The Morgan fingerprint density at radius 1 is 1.23 bits per heavy atom. The number of nitrogens with zero attached hydrogens (tertiary/aromatic N) is 1. The molecule has 0 aliphatic carbocycles. The molecule has 0 atom stereocenters. The number of fused-ring (bicyclic) bond motifs is 1. The number of hydrogen-bond donors (Lipinski definition) is 1. The largest absolute Gasteiger partial charge is 0.508 e. The molecule has 1 aliphatic rings. The highest BCUT2D eigenvalue weighted by Gasteiger charge is 2.28. The molecule has 0 amide bonds. The Labute approximate surface area is 123 Å². The minimum Gasteiger partial charge on any atom is -0.508 e. The van der Waals surface area contributed by atoms with Crippen LogP contribution in [0.4, 0.5) is 10.1 Å². The lowest BCUT2D eigenvalue weighted by molar-refractivity contribution is -0.384. The zero-order valence-electron chi connectivity index (χ0n) is 10.9. The first kappa shape index (κ1) is 13.7. The van der Waals surface area contributed by atoms with Gasteiger partial charge in [-0.2, -0.15) is 0 Å². The van der Waals surface area contributed by atoms with Gasteiger partial charge in [0, 0.05) is 23.8 Å². The van der Waals surface area contributed by atoms with Crippen molar-refractivity contribution in [2.24, 2.45) is 0 Å². The van der Waals surface area contributed by atoms with Crippen LogP contribution in [-0.2, 0) is 0 Å². The first-order valence-electron chi connectivity index (χ1n) is 6.17. The van der Waals surface area contributed by atoms with E-state index in [2.05, 4.69) is 0 Å². The van der Waals surface area contributed by atoms with Crippen LogP contribution in [0.2, 0.25) is 0 Å². The molecule has 110 valence electrons. The Balaban J connectivity index is 2.03. The molecule has 0 spiro atoms. The number of ketones is 1. The van der Waals surface area contributed by atoms with E-state index < -0.39 is 16.5 Å². The van der Waals surface area contributed by atoms with Gasteiger partial charge in [0.1, 0.15) is 17.3 Å². The number of nitro benzene ring substituents is 1. The minimum absolute atomic E-state index is 0.0747. The predicted octanol–water partition coefficient (Wildman–Crippen LogP) is 3.06. The van der Waals surface area contributed by atoms with Crippen molar-refractivity contribution in [1.82, 2.24) is 0 Å². The number of benzene rings is 2. The number of carbonyl (C=O) groups excluding carboxylic acids is 1. The van der Waals surface area contributed by atoms with E-state index in [1.165, 1.54) is 18.2 Å². The van der Waals surface area contributed by atoms with Crippen LogP contribution in [-0.4, -0.2) is 15.8 Å². The van der Waals surface area contributed by atoms with Crippen molar-refractivity contribution < 1.29 is 24.0 Å². The van der Waals surface area contributed by atoms with Crippen LogP contribution in [0, 0.1) is 15.9 Å². The van der Waals surface area contributed by atoms with Crippen molar-refractivity contribution in [3.8, 4) is 11.5 Å². The lowest BCUT2D eigenvalue weighted by Crippen LogP contribution is -1.99. The zero-order chi connectivity index (χ0) is 15.9. The maximum atomic E-state index is 13.7. The summed E-state index contributed by atoms with van der Waals surface area (Å²) in [6.07, 6.45) is 1.10. The Kier molecular flexibility index (Phi) is 3.10. The molecule has 3 rings (SSSR count). The van der Waals surface area contributed by atoms with Crippen molar-refractivity contribution in [3.05, 3.63) is 69.2 Å². The number of carbonyl (C=O) groups is 1. The molecule has 6 nitrogen and oxygen atoms in total. The monoisotopic (exact) mass is 301 g/mol. The van der Waals surface area contributed by atoms with E-state index >= 15 is 0 Å². The fraction of sp³-hybridized carbons (Fsp3) is 0. The summed E-state index contributed by atoms with van der Waals surface area (Å²) in [5.41, 5.74) is -0.196. The van der Waals surface area contributed by atoms with E-state index in [1.807, 2.05) is 0 Å². The Bertz CT molecular complexity index is 844. The number of Topliss-reactive ketones (excluding diaryl/α,β-unsaturated/α-hetero) is 1. The highest BCUT2D eigenvalue weighted by Crippen LogP contribution is 2.34. The summed E-state index contributed by atoms with van der Waals surface area (Å²) < 4.78 is 19.0. The maximum absolute atomic E-state index is 13.7. The number of nitro groups is 1. The topological polar surface area (TPSA) is 89.7 Å².